The summed E-state index contributed by atoms with van der Waals surface area (Å²) in [4.78, 5) is 11.0. The number of ether oxygens (including phenoxy) is 1. The smallest absolute Gasteiger partial charge is 0.248 e. The highest BCUT2D eigenvalue weighted by molar-refractivity contribution is 5.93. The number of unbranched alkanes of at least 4 members (excludes halogenated alkanes) is 2. The standard InChI is InChI=1S/C12H18N2O2/c1-2-3-4-7-16-11-8-9(12(14)15)5-6-10(11)13/h5-6,8H,2-4,7,13H2,1H3,(H2,14,15). The minimum absolute atomic E-state index is 0.416. The molecule has 4 heteroatoms. The van der Waals surface area contributed by atoms with Gasteiger partial charge in [-0.25, -0.2) is 0 Å². The Morgan fingerprint density at radius 2 is 2.12 bits per heavy atom. The molecular formula is C12H18N2O2. The first kappa shape index (κ1) is 12.4. The molecule has 0 unspecified atom stereocenters. The predicted octanol–water partition coefficient (Wildman–Crippen LogP) is 1.94. The quantitative estimate of drug-likeness (QED) is 0.570. The van der Waals surface area contributed by atoms with Gasteiger partial charge in [-0.05, 0) is 24.6 Å². The number of nitrogens with two attached hydrogens (primary N) is 2. The van der Waals surface area contributed by atoms with Crippen LogP contribution in [0.25, 0.3) is 0 Å². The molecule has 0 aliphatic carbocycles. The second-order valence-electron chi connectivity index (χ2n) is 3.67. The zero-order valence-electron chi connectivity index (χ0n) is 9.53. The number of benzene rings is 1. The zero-order chi connectivity index (χ0) is 12.0. The molecule has 0 aliphatic rings. The maximum absolute atomic E-state index is 11.0. The van der Waals surface area contributed by atoms with E-state index in [1.54, 1.807) is 18.2 Å². The molecule has 0 atom stereocenters. The first-order chi connectivity index (χ1) is 7.65. The highest BCUT2D eigenvalue weighted by atomic mass is 16.5. The third kappa shape index (κ3) is 3.46. The van der Waals surface area contributed by atoms with Crippen molar-refractivity contribution in [3.63, 3.8) is 0 Å². The summed E-state index contributed by atoms with van der Waals surface area (Å²) in [7, 11) is 0. The summed E-state index contributed by atoms with van der Waals surface area (Å²) >= 11 is 0. The fraction of sp³-hybridized carbons (Fsp3) is 0.417. The van der Waals surface area contributed by atoms with E-state index in [0.717, 1.165) is 19.3 Å². The van der Waals surface area contributed by atoms with Crippen LogP contribution < -0.4 is 16.2 Å². The first-order valence-electron chi connectivity index (χ1n) is 5.47. The topological polar surface area (TPSA) is 78.3 Å². The average Bonchev–Trinajstić information content (AvgIpc) is 2.26. The summed E-state index contributed by atoms with van der Waals surface area (Å²) in [6.45, 7) is 2.74. The largest absolute Gasteiger partial charge is 0.491 e. The number of hydrogen-bond acceptors (Lipinski definition) is 3. The number of nitrogen functional groups attached to an aromatic ring is 1. The Bertz CT molecular complexity index is 364. The fourth-order valence-corrected chi connectivity index (χ4v) is 1.35. The third-order valence-electron chi connectivity index (χ3n) is 2.30. The second-order valence-corrected chi connectivity index (χ2v) is 3.67. The van der Waals surface area contributed by atoms with Crippen LogP contribution in [-0.2, 0) is 0 Å². The van der Waals surface area contributed by atoms with E-state index in [1.807, 2.05) is 0 Å². The van der Waals surface area contributed by atoms with Crippen molar-refractivity contribution in [2.24, 2.45) is 5.73 Å². The second kappa shape index (κ2) is 6.00. The lowest BCUT2D eigenvalue weighted by Gasteiger charge is -2.09. The van der Waals surface area contributed by atoms with E-state index in [-0.39, 0.29) is 0 Å². The normalized spacial score (nSPS) is 10.1. The van der Waals surface area contributed by atoms with Gasteiger partial charge < -0.3 is 16.2 Å². The number of hydrogen-bond donors (Lipinski definition) is 2. The molecule has 1 aromatic carbocycles. The van der Waals surface area contributed by atoms with Crippen LogP contribution >= 0.6 is 0 Å². The maximum Gasteiger partial charge on any atom is 0.248 e. The van der Waals surface area contributed by atoms with Crippen molar-refractivity contribution in [3.05, 3.63) is 23.8 Å². The van der Waals surface area contributed by atoms with Crippen molar-refractivity contribution < 1.29 is 9.53 Å². The summed E-state index contributed by atoms with van der Waals surface area (Å²) < 4.78 is 5.50. The van der Waals surface area contributed by atoms with Gasteiger partial charge in [0.2, 0.25) is 5.91 Å². The lowest BCUT2D eigenvalue weighted by molar-refractivity contribution is 0.1000. The monoisotopic (exact) mass is 222 g/mol. The first-order valence-corrected chi connectivity index (χ1v) is 5.47. The number of carbonyl (C=O) groups is 1. The van der Waals surface area contributed by atoms with E-state index < -0.39 is 5.91 Å². The molecule has 4 nitrogen and oxygen atoms in total. The van der Waals surface area contributed by atoms with Crippen LogP contribution in [-0.4, -0.2) is 12.5 Å². The molecule has 0 aromatic heterocycles. The molecule has 0 spiro atoms. The van der Waals surface area contributed by atoms with Crippen LogP contribution in [0.15, 0.2) is 18.2 Å². The molecule has 0 saturated carbocycles. The van der Waals surface area contributed by atoms with Crippen molar-refractivity contribution in [2.45, 2.75) is 26.2 Å². The number of amides is 1. The molecule has 0 saturated heterocycles. The highest BCUT2D eigenvalue weighted by Gasteiger charge is 2.05. The molecule has 88 valence electrons. The number of carbonyl (C=O) groups excluding carboxylic acids is 1. The van der Waals surface area contributed by atoms with Gasteiger partial charge in [0, 0.05) is 5.56 Å². The van der Waals surface area contributed by atoms with E-state index >= 15 is 0 Å². The van der Waals surface area contributed by atoms with Crippen LogP contribution in [0.3, 0.4) is 0 Å². The molecule has 1 rings (SSSR count). The average molecular weight is 222 g/mol. The summed E-state index contributed by atoms with van der Waals surface area (Å²) in [6, 6.07) is 4.81. The van der Waals surface area contributed by atoms with Crippen molar-refractivity contribution in [3.8, 4) is 5.75 Å². The predicted molar refractivity (Wildman–Crippen MR) is 64.4 cm³/mol. The Balaban J connectivity index is 2.63. The van der Waals surface area contributed by atoms with E-state index in [9.17, 15) is 4.79 Å². The Morgan fingerprint density at radius 3 is 2.75 bits per heavy atom. The Kier molecular flexibility index (Phi) is 4.64. The number of primary amides is 1. The molecule has 1 amide bonds. The van der Waals surface area contributed by atoms with Crippen molar-refractivity contribution in [2.75, 3.05) is 12.3 Å². The molecule has 0 radical (unpaired) electrons. The minimum Gasteiger partial charge on any atom is -0.491 e. The molecule has 0 fully saturated rings. The fourth-order valence-electron chi connectivity index (χ4n) is 1.35. The van der Waals surface area contributed by atoms with Crippen molar-refractivity contribution >= 4 is 11.6 Å². The Labute approximate surface area is 95.6 Å². The zero-order valence-corrected chi connectivity index (χ0v) is 9.53. The van der Waals surface area contributed by atoms with Gasteiger partial charge in [0.25, 0.3) is 0 Å². The third-order valence-corrected chi connectivity index (χ3v) is 2.30. The van der Waals surface area contributed by atoms with Gasteiger partial charge in [0.1, 0.15) is 5.75 Å². The van der Waals surface area contributed by atoms with Crippen LogP contribution in [0.1, 0.15) is 36.5 Å². The minimum atomic E-state index is -0.474. The Morgan fingerprint density at radius 1 is 1.38 bits per heavy atom. The SMILES string of the molecule is CCCCCOc1cc(C(N)=O)ccc1N. The van der Waals surface area contributed by atoms with Gasteiger partial charge >= 0.3 is 0 Å². The van der Waals surface area contributed by atoms with Crippen LogP contribution in [0.4, 0.5) is 5.69 Å². The molecule has 1 aromatic rings. The van der Waals surface area contributed by atoms with E-state index in [2.05, 4.69) is 6.92 Å². The van der Waals surface area contributed by atoms with Gasteiger partial charge in [-0.1, -0.05) is 19.8 Å². The molecular weight excluding hydrogens is 204 g/mol. The Hall–Kier alpha value is -1.71. The molecule has 0 heterocycles. The molecule has 0 aliphatic heterocycles. The van der Waals surface area contributed by atoms with Crippen molar-refractivity contribution in [1.29, 1.82) is 0 Å². The van der Waals surface area contributed by atoms with Crippen LogP contribution in [0.5, 0.6) is 5.75 Å². The van der Waals surface area contributed by atoms with Gasteiger partial charge in [0.05, 0.1) is 12.3 Å². The number of anilines is 1. The van der Waals surface area contributed by atoms with Gasteiger partial charge in [-0.15, -0.1) is 0 Å². The molecule has 16 heavy (non-hydrogen) atoms. The van der Waals surface area contributed by atoms with Crippen LogP contribution in [0, 0.1) is 0 Å². The maximum atomic E-state index is 11.0. The van der Waals surface area contributed by atoms with Crippen LogP contribution in [0.2, 0.25) is 0 Å². The van der Waals surface area contributed by atoms with E-state index in [1.165, 1.54) is 0 Å². The van der Waals surface area contributed by atoms with Gasteiger partial charge in [-0.2, -0.15) is 0 Å². The lowest BCUT2D eigenvalue weighted by atomic mass is 10.2. The molecule has 0 bridgehead atoms. The summed E-state index contributed by atoms with van der Waals surface area (Å²) in [5, 5.41) is 0. The van der Waals surface area contributed by atoms with Gasteiger partial charge in [0.15, 0.2) is 0 Å². The van der Waals surface area contributed by atoms with Gasteiger partial charge in [-0.3, -0.25) is 4.79 Å². The van der Waals surface area contributed by atoms with E-state index in [0.29, 0.717) is 23.6 Å². The van der Waals surface area contributed by atoms with Crippen molar-refractivity contribution in [1.82, 2.24) is 0 Å². The highest BCUT2D eigenvalue weighted by Crippen LogP contribution is 2.22. The summed E-state index contributed by atoms with van der Waals surface area (Å²) in [5.74, 6) is 0.0609. The summed E-state index contributed by atoms with van der Waals surface area (Å²) in [5.41, 5.74) is 11.8. The van der Waals surface area contributed by atoms with E-state index in [4.69, 9.17) is 16.2 Å². The number of rotatable bonds is 6. The molecule has 4 N–H and O–H groups in total. The lowest BCUT2D eigenvalue weighted by Crippen LogP contribution is -2.11. The summed E-state index contributed by atoms with van der Waals surface area (Å²) in [6.07, 6.45) is 3.24.